The zero-order valence-corrected chi connectivity index (χ0v) is 12.6. The monoisotopic (exact) mass is 287 g/mol. The third-order valence-corrected chi connectivity index (χ3v) is 4.48. The van der Waals surface area contributed by atoms with Gasteiger partial charge in [-0.25, -0.2) is 4.39 Å². The van der Waals surface area contributed by atoms with E-state index >= 15 is 0 Å². The summed E-state index contributed by atoms with van der Waals surface area (Å²) in [7, 11) is 0. The van der Waals surface area contributed by atoms with Gasteiger partial charge in [-0.05, 0) is 49.8 Å². The van der Waals surface area contributed by atoms with Crippen molar-refractivity contribution in [3.05, 3.63) is 41.7 Å². The lowest BCUT2D eigenvalue weighted by Gasteiger charge is -2.36. The summed E-state index contributed by atoms with van der Waals surface area (Å²) in [5, 5.41) is 0. The van der Waals surface area contributed by atoms with Crippen LogP contribution in [-0.4, -0.2) is 18.5 Å². The van der Waals surface area contributed by atoms with E-state index in [0.29, 0.717) is 24.3 Å². The average Bonchev–Trinajstić information content (AvgIpc) is 2.79. The number of nitrogens with zero attached hydrogens (tertiary/aromatic N) is 2. The van der Waals surface area contributed by atoms with Gasteiger partial charge in [0.15, 0.2) is 5.96 Å². The molecule has 1 aromatic rings. The molecule has 1 aliphatic heterocycles. The molecule has 3 rings (SSSR count). The molecule has 0 fully saturated rings. The third-order valence-electron chi connectivity index (χ3n) is 4.48. The number of hydrogen-bond donors (Lipinski definition) is 1. The molecule has 3 unspecified atom stereocenters. The summed E-state index contributed by atoms with van der Waals surface area (Å²) < 4.78 is 13.5. The van der Waals surface area contributed by atoms with Crippen molar-refractivity contribution in [1.82, 2.24) is 0 Å². The maximum absolute atomic E-state index is 13.5. The number of halogens is 1. The number of allylic oxidation sites excluding steroid dienone is 2. The summed E-state index contributed by atoms with van der Waals surface area (Å²) in [4.78, 5) is 6.42. The maximum Gasteiger partial charge on any atom is 0.196 e. The first-order valence-electron chi connectivity index (χ1n) is 7.56. The zero-order valence-electron chi connectivity index (χ0n) is 12.6. The molecule has 0 amide bonds. The summed E-state index contributed by atoms with van der Waals surface area (Å²) in [6.07, 6.45) is 4.56. The molecule has 0 saturated carbocycles. The maximum atomic E-state index is 13.5. The van der Waals surface area contributed by atoms with Crippen LogP contribution in [0.2, 0.25) is 0 Å². The van der Waals surface area contributed by atoms with Gasteiger partial charge in [0.25, 0.3) is 0 Å². The van der Waals surface area contributed by atoms with Gasteiger partial charge >= 0.3 is 0 Å². The van der Waals surface area contributed by atoms with E-state index in [9.17, 15) is 4.39 Å². The number of aliphatic imine (C=N–C) groups is 1. The number of nitrogens with two attached hydrogens (primary N) is 1. The number of anilines is 1. The van der Waals surface area contributed by atoms with Gasteiger partial charge in [0.05, 0.1) is 12.6 Å². The molecule has 1 aliphatic carbocycles. The van der Waals surface area contributed by atoms with Crippen molar-refractivity contribution in [1.29, 1.82) is 0 Å². The topological polar surface area (TPSA) is 41.6 Å². The van der Waals surface area contributed by atoms with Gasteiger partial charge in [-0.2, -0.15) is 0 Å². The third kappa shape index (κ3) is 2.80. The van der Waals surface area contributed by atoms with E-state index in [0.717, 1.165) is 18.5 Å². The fraction of sp³-hybridized carbons (Fsp3) is 0.471. The first kappa shape index (κ1) is 14.1. The van der Waals surface area contributed by atoms with Crippen molar-refractivity contribution in [3.63, 3.8) is 0 Å². The van der Waals surface area contributed by atoms with E-state index in [2.05, 4.69) is 24.9 Å². The minimum atomic E-state index is -0.237. The summed E-state index contributed by atoms with van der Waals surface area (Å²) in [6.45, 7) is 5.14. The molecule has 21 heavy (non-hydrogen) atoms. The van der Waals surface area contributed by atoms with Crippen molar-refractivity contribution >= 4 is 11.6 Å². The predicted octanol–water partition coefficient (Wildman–Crippen LogP) is 3.32. The Kier molecular flexibility index (Phi) is 3.70. The van der Waals surface area contributed by atoms with E-state index in [1.165, 1.54) is 17.7 Å². The van der Waals surface area contributed by atoms with E-state index < -0.39 is 0 Å². The molecule has 2 aliphatic rings. The van der Waals surface area contributed by atoms with Crippen molar-refractivity contribution in [2.75, 3.05) is 11.4 Å². The normalized spacial score (nSPS) is 29.3. The Morgan fingerprint density at radius 3 is 2.90 bits per heavy atom. The molecule has 0 spiro atoms. The Balaban J connectivity index is 1.87. The van der Waals surface area contributed by atoms with Gasteiger partial charge in [0.1, 0.15) is 5.82 Å². The second-order valence-electron chi connectivity index (χ2n) is 6.31. The van der Waals surface area contributed by atoms with Gasteiger partial charge < -0.3 is 10.6 Å². The van der Waals surface area contributed by atoms with Crippen molar-refractivity contribution < 1.29 is 4.39 Å². The van der Waals surface area contributed by atoms with Crippen LogP contribution < -0.4 is 10.6 Å². The summed E-state index contributed by atoms with van der Waals surface area (Å²) >= 11 is 0. The molecule has 0 bridgehead atoms. The molecule has 3 atom stereocenters. The standard InChI is InChI=1S/C17H22FN3/c1-11-6-12(2)8-13(7-11)16-10-20-17(19)21(16)15-5-3-4-14(18)9-15/h3-6,9,11,13,16H,7-8,10H2,1-2H3,(H2,19,20). The fourth-order valence-electron chi connectivity index (χ4n) is 3.71. The Morgan fingerprint density at radius 2 is 2.19 bits per heavy atom. The quantitative estimate of drug-likeness (QED) is 0.848. The first-order chi connectivity index (χ1) is 10.0. The van der Waals surface area contributed by atoms with E-state index in [1.807, 2.05) is 11.0 Å². The van der Waals surface area contributed by atoms with Crippen LogP contribution in [0.5, 0.6) is 0 Å². The highest BCUT2D eigenvalue weighted by molar-refractivity contribution is 5.97. The Morgan fingerprint density at radius 1 is 1.38 bits per heavy atom. The second kappa shape index (κ2) is 5.51. The minimum Gasteiger partial charge on any atom is -0.370 e. The van der Waals surface area contributed by atoms with Gasteiger partial charge in [0.2, 0.25) is 0 Å². The van der Waals surface area contributed by atoms with Crippen LogP contribution in [-0.2, 0) is 0 Å². The molecule has 112 valence electrons. The van der Waals surface area contributed by atoms with Crippen LogP contribution in [0.25, 0.3) is 0 Å². The minimum absolute atomic E-state index is 0.234. The van der Waals surface area contributed by atoms with Gasteiger partial charge in [-0.15, -0.1) is 0 Å². The second-order valence-corrected chi connectivity index (χ2v) is 6.31. The number of rotatable bonds is 2. The smallest absolute Gasteiger partial charge is 0.196 e. The Bertz CT molecular complexity index is 593. The molecule has 4 heteroatoms. The first-order valence-corrected chi connectivity index (χ1v) is 7.56. The molecule has 0 radical (unpaired) electrons. The summed E-state index contributed by atoms with van der Waals surface area (Å²) in [5.41, 5.74) is 8.30. The summed E-state index contributed by atoms with van der Waals surface area (Å²) in [6, 6.07) is 6.85. The van der Waals surface area contributed by atoms with Crippen molar-refractivity contribution in [2.45, 2.75) is 32.7 Å². The molecular formula is C17H22FN3. The fourth-order valence-corrected chi connectivity index (χ4v) is 3.71. The lowest BCUT2D eigenvalue weighted by Crippen LogP contribution is -2.45. The van der Waals surface area contributed by atoms with Gasteiger partial charge in [0, 0.05) is 5.69 Å². The van der Waals surface area contributed by atoms with Crippen LogP contribution in [0.15, 0.2) is 40.9 Å². The largest absolute Gasteiger partial charge is 0.370 e. The van der Waals surface area contributed by atoms with E-state index in [-0.39, 0.29) is 11.9 Å². The zero-order chi connectivity index (χ0) is 15.0. The highest BCUT2D eigenvalue weighted by Gasteiger charge is 2.35. The van der Waals surface area contributed by atoms with Crippen molar-refractivity contribution in [2.24, 2.45) is 22.6 Å². The molecule has 0 aromatic heterocycles. The van der Waals surface area contributed by atoms with Gasteiger partial charge in [-0.3, -0.25) is 4.99 Å². The van der Waals surface area contributed by atoms with Crippen LogP contribution >= 0.6 is 0 Å². The van der Waals surface area contributed by atoms with E-state index in [1.54, 1.807) is 6.07 Å². The Labute approximate surface area is 125 Å². The van der Waals surface area contributed by atoms with Gasteiger partial charge in [-0.1, -0.05) is 24.6 Å². The van der Waals surface area contributed by atoms with Crippen LogP contribution in [0.4, 0.5) is 10.1 Å². The molecule has 2 N–H and O–H groups in total. The molecule has 0 saturated heterocycles. The van der Waals surface area contributed by atoms with Crippen LogP contribution in [0.3, 0.4) is 0 Å². The van der Waals surface area contributed by atoms with Crippen molar-refractivity contribution in [3.8, 4) is 0 Å². The highest BCUT2D eigenvalue weighted by atomic mass is 19.1. The van der Waals surface area contributed by atoms with E-state index in [4.69, 9.17) is 5.73 Å². The molecular weight excluding hydrogens is 265 g/mol. The molecule has 1 heterocycles. The Hall–Kier alpha value is -1.84. The average molecular weight is 287 g/mol. The van der Waals surface area contributed by atoms with Crippen LogP contribution in [0.1, 0.15) is 26.7 Å². The van der Waals surface area contributed by atoms with Crippen LogP contribution in [0, 0.1) is 17.7 Å². The molecule has 1 aromatic carbocycles. The number of hydrogen-bond acceptors (Lipinski definition) is 3. The summed E-state index contributed by atoms with van der Waals surface area (Å²) in [5.74, 6) is 1.36. The number of benzene rings is 1. The predicted molar refractivity (Wildman–Crippen MR) is 84.8 cm³/mol. The lowest BCUT2D eigenvalue weighted by molar-refractivity contribution is 0.350. The SMILES string of the molecule is CC1=CC(C)CC(C2CN=C(N)N2c2cccc(F)c2)C1. The lowest BCUT2D eigenvalue weighted by atomic mass is 9.79. The molecule has 3 nitrogen and oxygen atoms in total. The highest BCUT2D eigenvalue weighted by Crippen LogP contribution is 2.35. The number of guanidine groups is 1.